The molecule has 1 amide bonds. The molecule has 0 aliphatic carbocycles. The predicted octanol–water partition coefficient (Wildman–Crippen LogP) is 2.60. The Morgan fingerprint density at radius 3 is 2.52 bits per heavy atom. The van der Waals surface area contributed by atoms with Gasteiger partial charge in [0, 0.05) is 19.6 Å². The molecule has 138 valence electrons. The third-order valence-electron chi connectivity index (χ3n) is 4.92. The van der Waals surface area contributed by atoms with Crippen LogP contribution in [-0.2, 0) is 0 Å². The third-order valence-corrected chi connectivity index (χ3v) is 4.92. The van der Waals surface area contributed by atoms with Crippen molar-refractivity contribution in [1.82, 2.24) is 9.88 Å². The molecule has 2 fully saturated rings. The van der Waals surface area contributed by atoms with Gasteiger partial charge in [0.25, 0.3) is 5.91 Å². The van der Waals surface area contributed by atoms with Gasteiger partial charge in [-0.3, -0.25) is 4.79 Å². The molecule has 5 nitrogen and oxygen atoms in total. The Kier molecular flexibility index (Phi) is 4.90. The van der Waals surface area contributed by atoms with Crippen LogP contribution < -0.4 is 4.90 Å². The van der Waals surface area contributed by atoms with E-state index in [-0.39, 0.29) is 25.1 Å². The lowest BCUT2D eigenvalue weighted by atomic mass is 9.92. The van der Waals surface area contributed by atoms with Gasteiger partial charge in [-0.15, -0.1) is 0 Å². The third kappa shape index (κ3) is 3.73. The van der Waals surface area contributed by atoms with Crippen LogP contribution in [0.2, 0.25) is 0 Å². The normalized spacial score (nSPS) is 25.1. The largest absolute Gasteiger partial charge is 0.418 e. The van der Waals surface area contributed by atoms with Crippen molar-refractivity contribution < 1.29 is 23.1 Å². The first kappa shape index (κ1) is 18.0. The summed E-state index contributed by atoms with van der Waals surface area (Å²) in [5.41, 5.74) is -2.72. The zero-order valence-electron chi connectivity index (χ0n) is 13.9. The summed E-state index contributed by atoms with van der Waals surface area (Å²) in [6.45, 7) is 1.17. The van der Waals surface area contributed by atoms with Gasteiger partial charge in [-0.1, -0.05) is 6.07 Å². The number of hydrogen-bond acceptors (Lipinski definition) is 4. The predicted molar refractivity (Wildman–Crippen MR) is 86.4 cm³/mol. The van der Waals surface area contributed by atoms with Crippen molar-refractivity contribution in [2.24, 2.45) is 0 Å². The summed E-state index contributed by atoms with van der Waals surface area (Å²) in [5, 5.41) is 9.88. The average molecular weight is 357 g/mol. The number of alkyl halides is 3. The first-order chi connectivity index (χ1) is 11.8. The molecule has 1 N–H and O–H groups in total. The fourth-order valence-corrected chi connectivity index (χ4v) is 3.44. The van der Waals surface area contributed by atoms with E-state index in [1.807, 2.05) is 6.07 Å². The van der Waals surface area contributed by atoms with E-state index in [9.17, 15) is 23.1 Å². The number of rotatable bonds is 2. The molecule has 0 aromatic carbocycles. The number of likely N-dealkylation sites (tertiary alicyclic amines) is 1. The van der Waals surface area contributed by atoms with Gasteiger partial charge in [-0.2, -0.15) is 13.2 Å². The molecule has 2 aliphatic heterocycles. The summed E-state index contributed by atoms with van der Waals surface area (Å²) in [6.07, 6.45) is -1.75. The fourth-order valence-electron chi connectivity index (χ4n) is 3.44. The van der Waals surface area contributed by atoms with Gasteiger partial charge >= 0.3 is 6.18 Å². The second kappa shape index (κ2) is 6.82. The maximum Gasteiger partial charge on any atom is 0.418 e. The molecule has 1 aromatic heterocycles. The Morgan fingerprint density at radius 2 is 1.84 bits per heavy atom. The summed E-state index contributed by atoms with van der Waals surface area (Å²) in [6, 6.07) is 5.02. The quantitative estimate of drug-likeness (QED) is 0.884. The highest BCUT2D eigenvalue weighted by Gasteiger charge is 2.56. The molecule has 3 rings (SSSR count). The van der Waals surface area contributed by atoms with Crippen LogP contribution in [0.3, 0.4) is 0 Å². The lowest BCUT2D eigenvalue weighted by Crippen LogP contribution is -2.58. The molecule has 0 saturated carbocycles. The zero-order valence-corrected chi connectivity index (χ0v) is 13.9. The molecule has 1 aromatic rings. The number of amides is 1. The molecular weight excluding hydrogens is 335 g/mol. The Balaban J connectivity index is 1.76. The van der Waals surface area contributed by atoms with Crippen molar-refractivity contribution in [3.05, 3.63) is 23.9 Å². The van der Waals surface area contributed by atoms with Crippen molar-refractivity contribution in [2.75, 3.05) is 31.1 Å². The van der Waals surface area contributed by atoms with E-state index in [2.05, 4.69) is 9.88 Å². The van der Waals surface area contributed by atoms with E-state index >= 15 is 0 Å². The molecule has 25 heavy (non-hydrogen) atoms. The highest BCUT2D eigenvalue weighted by atomic mass is 19.4. The minimum Gasteiger partial charge on any atom is -0.379 e. The van der Waals surface area contributed by atoms with Crippen molar-refractivity contribution in [2.45, 2.75) is 43.9 Å². The molecule has 8 heteroatoms. The van der Waals surface area contributed by atoms with E-state index < -0.39 is 24.2 Å². The second-order valence-electron chi connectivity index (χ2n) is 6.79. The lowest BCUT2D eigenvalue weighted by molar-refractivity contribution is -0.271. The molecule has 3 heterocycles. The van der Waals surface area contributed by atoms with E-state index in [0.717, 1.165) is 30.8 Å². The number of piperidine rings is 2. The molecule has 0 bridgehead atoms. The lowest BCUT2D eigenvalue weighted by Gasteiger charge is -2.40. The van der Waals surface area contributed by atoms with E-state index in [4.69, 9.17) is 0 Å². The van der Waals surface area contributed by atoms with E-state index in [0.29, 0.717) is 5.82 Å². The Morgan fingerprint density at radius 1 is 1.12 bits per heavy atom. The Bertz CT molecular complexity index is 632. The summed E-state index contributed by atoms with van der Waals surface area (Å²) in [7, 11) is 0. The van der Waals surface area contributed by atoms with Crippen LogP contribution in [0.15, 0.2) is 18.2 Å². The number of aliphatic hydroxyl groups is 1. The van der Waals surface area contributed by atoms with Crippen LogP contribution in [0.4, 0.5) is 19.0 Å². The average Bonchev–Trinajstić information content (AvgIpc) is 2.61. The number of carbonyl (C=O) groups excluding carboxylic acids is 1. The molecule has 1 atom stereocenters. The van der Waals surface area contributed by atoms with Gasteiger partial charge in [0.2, 0.25) is 0 Å². The van der Waals surface area contributed by atoms with Crippen LogP contribution in [0.1, 0.15) is 42.6 Å². The van der Waals surface area contributed by atoms with Gasteiger partial charge in [0.1, 0.15) is 11.5 Å². The molecule has 1 unspecified atom stereocenters. The van der Waals surface area contributed by atoms with Gasteiger partial charge in [0.05, 0.1) is 6.54 Å². The van der Waals surface area contributed by atoms with E-state index in [1.54, 1.807) is 6.07 Å². The van der Waals surface area contributed by atoms with Gasteiger partial charge < -0.3 is 14.9 Å². The van der Waals surface area contributed by atoms with Crippen LogP contribution >= 0.6 is 0 Å². The van der Waals surface area contributed by atoms with Crippen molar-refractivity contribution in [1.29, 1.82) is 0 Å². The van der Waals surface area contributed by atoms with Crippen molar-refractivity contribution >= 4 is 11.7 Å². The maximum atomic E-state index is 13.1. The van der Waals surface area contributed by atoms with Crippen LogP contribution in [0, 0.1) is 0 Å². The highest BCUT2D eigenvalue weighted by molar-refractivity contribution is 5.92. The highest BCUT2D eigenvalue weighted by Crippen LogP contribution is 2.37. The van der Waals surface area contributed by atoms with E-state index in [1.165, 1.54) is 12.5 Å². The summed E-state index contributed by atoms with van der Waals surface area (Å²) >= 11 is 0. The molecule has 0 spiro atoms. The number of halogens is 3. The maximum absolute atomic E-state index is 13.1. The topological polar surface area (TPSA) is 56.7 Å². The minimum absolute atomic E-state index is 0.105. The minimum atomic E-state index is -4.75. The number of pyridine rings is 1. The molecule has 2 saturated heterocycles. The summed E-state index contributed by atoms with van der Waals surface area (Å²) in [4.78, 5) is 20.1. The molecular formula is C17H22F3N3O2. The Labute approximate surface area is 144 Å². The van der Waals surface area contributed by atoms with Crippen LogP contribution in [0.25, 0.3) is 0 Å². The monoisotopic (exact) mass is 357 g/mol. The zero-order chi connectivity index (χ0) is 18.1. The second-order valence-corrected chi connectivity index (χ2v) is 6.79. The number of carbonyl (C=O) groups is 1. The number of anilines is 1. The van der Waals surface area contributed by atoms with Gasteiger partial charge in [-0.25, -0.2) is 4.98 Å². The molecule has 0 radical (unpaired) electrons. The number of β-amino-alcohol motifs (C(OH)–C–C–N with tert-alkyl or cyclic N) is 1. The van der Waals surface area contributed by atoms with Crippen molar-refractivity contribution in [3.63, 3.8) is 0 Å². The number of nitrogens with zero attached hydrogens (tertiary/aromatic N) is 3. The van der Waals surface area contributed by atoms with Crippen molar-refractivity contribution in [3.8, 4) is 0 Å². The smallest absolute Gasteiger partial charge is 0.379 e. The summed E-state index contributed by atoms with van der Waals surface area (Å²) in [5.74, 6) is 0.106. The standard InChI is InChI=1S/C17H22F3N3O2/c18-17(19,20)16(25)8-5-11-23(12-16)15(24)13-6-4-7-14(21-13)22-9-2-1-3-10-22/h4,6-7,25H,1-3,5,8-12H2. The SMILES string of the molecule is O=C(c1cccc(N2CCCCC2)n1)N1CCCC(O)(C(F)(F)F)C1. The van der Waals surface area contributed by atoms with Gasteiger partial charge in [0.15, 0.2) is 5.60 Å². The Hall–Kier alpha value is -1.83. The summed E-state index contributed by atoms with van der Waals surface area (Å²) < 4.78 is 39.2. The fraction of sp³-hybridized carbons (Fsp3) is 0.647. The van der Waals surface area contributed by atoms with Crippen LogP contribution in [-0.4, -0.2) is 58.9 Å². The van der Waals surface area contributed by atoms with Gasteiger partial charge in [-0.05, 0) is 44.2 Å². The van der Waals surface area contributed by atoms with Crippen LogP contribution in [0.5, 0.6) is 0 Å². The molecule has 2 aliphatic rings. The first-order valence-electron chi connectivity index (χ1n) is 8.61. The first-order valence-corrected chi connectivity index (χ1v) is 8.61. The number of aromatic nitrogens is 1. The number of hydrogen-bond donors (Lipinski definition) is 1.